The minimum Gasteiger partial charge on any atom is -0.295 e. The molecule has 1 saturated carbocycles. The molecule has 1 heteroatoms. The topological polar surface area (TPSA) is 17.1 Å². The van der Waals surface area contributed by atoms with Crippen molar-refractivity contribution in [3.8, 4) is 0 Å². The third-order valence-corrected chi connectivity index (χ3v) is 4.99. The van der Waals surface area contributed by atoms with Gasteiger partial charge < -0.3 is 0 Å². The molecule has 0 saturated heterocycles. The Morgan fingerprint density at radius 3 is 2.00 bits per heavy atom. The normalized spacial score (nSPS) is 14.2. The Morgan fingerprint density at radius 2 is 1.63 bits per heavy atom. The lowest BCUT2D eigenvalue weighted by molar-refractivity contribution is -0.113. The Kier molecular flexibility index (Phi) is 11.6. The zero-order valence-corrected chi connectivity index (χ0v) is 19.1. The lowest BCUT2D eigenvalue weighted by Crippen LogP contribution is -2.01. The molecule has 1 aliphatic carbocycles. The van der Waals surface area contributed by atoms with Crippen LogP contribution in [0.15, 0.2) is 35.9 Å². The average molecular weight is 369 g/mol. The van der Waals surface area contributed by atoms with Gasteiger partial charge in [-0.05, 0) is 91.8 Å². The van der Waals surface area contributed by atoms with Gasteiger partial charge in [0.15, 0.2) is 5.78 Å². The lowest BCUT2D eigenvalue weighted by Gasteiger charge is -2.17. The number of aryl methyl sites for hydroxylation is 1. The molecule has 2 rings (SSSR count). The van der Waals surface area contributed by atoms with Crippen LogP contribution in [0.1, 0.15) is 103 Å². The molecule has 0 heterocycles. The lowest BCUT2D eigenvalue weighted by atomic mass is 9.87. The fourth-order valence-electron chi connectivity index (χ4n) is 3.23. The zero-order chi connectivity index (χ0) is 21.1. The van der Waals surface area contributed by atoms with Crippen LogP contribution in [-0.2, 0) is 11.2 Å². The number of carbonyl (C=O) groups excluding carboxylic acids is 1. The summed E-state index contributed by atoms with van der Waals surface area (Å²) in [6.07, 6.45) is 7.69. The van der Waals surface area contributed by atoms with Crippen molar-refractivity contribution in [3.63, 3.8) is 0 Å². The molecular formula is C26H40O. The smallest absolute Gasteiger partial charge is 0.155 e. The molecule has 0 aromatic heterocycles. The number of hydrogen-bond donors (Lipinski definition) is 0. The summed E-state index contributed by atoms with van der Waals surface area (Å²) in [5.41, 5.74) is 8.43. The largest absolute Gasteiger partial charge is 0.295 e. The predicted molar refractivity (Wildman–Crippen MR) is 123 cm³/mol. The average Bonchev–Trinajstić information content (AvgIpc) is 3.55. The van der Waals surface area contributed by atoms with E-state index in [1.807, 2.05) is 40.7 Å². The number of allylic oxidation sites excluding steroid dienone is 4. The highest BCUT2D eigenvalue weighted by Gasteiger charge is 2.27. The molecule has 0 N–H and O–H groups in total. The second-order valence-corrected chi connectivity index (χ2v) is 6.48. The van der Waals surface area contributed by atoms with Crippen LogP contribution in [0.3, 0.4) is 0 Å². The van der Waals surface area contributed by atoms with Gasteiger partial charge in [-0.1, -0.05) is 65.5 Å². The highest BCUT2D eigenvalue weighted by molar-refractivity contribution is 5.98. The van der Waals surface area contributed by atoms with Crippen molar-refractivity contribution in [2.75, 3.05) is 0 Å². The van der Waals surface area contributed by atoms with Gasteiger partial charge in [0.25, 0.3) is 0 Å². The zero-order valence-electron chi connectivity index (χ0n) is 19.1. The molecule has 27 heavy (non-hydrogen) atoms. The number of hydrogen-bond acceptors (Lipinski definition) is 1. The third kappa shape index (κ3) is 6.34. The second kappa shape index (κ2) is 12.5. The Hall–Kier alpha value is -1.89. The van der Waals surface area contributed by atoms with Gasteiger partial charge in [0.2, 0.25) is 0 Å². The first-order chi connectivity index (χ1) is 12.9. The summed E-state index contributed by atoms with van der Waals surface area (Å²) in [5, 5.41) is 0. The van der Waals surface area contributed by atoms with Crippen LogP contribution in [0.4, 0.5) is 0 Å². The molecule has 0 bridgehead atoms. The van der Waals surface area contributed by atoms with E-state index >= 15 is 0 Å². The summed E-state index contributed by atoms with van der Waals surface area (Å²) in [5.74, 6) is 0.826. The molecule has 0 spiro atoms. The van der Waals surface area contributed by atoms with E-state index < -0.39 is 0 Å². The Morgan fingerprint density at radius 1 is 1.07 bits per heavy atom. The maximum Gasteiger partial charge on any atom is 0.155 e. The summed E-state index contributed by atoms with van der Waals surface area (Å²) in [4.78, 5) is 11.7. The highest BCUT2D eigenvalue weighted by atomic mass is 16.1. The predicted octanol–water partition coefficient (Wildman–Crippen LogP) is 8.15. The van der Waals surface area contributed by atoms with Crippen molar-refractivity contribution in [1.29, 1.82) is 0 Å². The third-order valence-electron chi connectivity index (χ3n) is 4.99. The molecule has 1 aliphatic rings. The molecule has 1 fully saturated rings. The van der Waals surface area contributed by atoms with Gasteiger partial charge in [0.05, 0.1) is 0 Å². The fourth-order valence-corrected chi connectivity index (χ4v) is 3.23. The Bertz CT molecular complexity index is 697. The standard InChI is InChI=1S/C22H28O.2C2H6/c1-7-17-12-19(13-22(18-10-11-18)21(17)9-3)20(8-2)15(5)14(4)16(6)23;2*1-2/h8-9,12-13,18H,3,7,10-11H2,1-2,4-6H3;2*1-2H3/b15-14-,20-8+;;. The van der Waals surface area contributed by atoms with Gasteiger partial charge in [-0.15, -0.1) is 0 Å². The van der Waals surface area contributed by atoms with Gasteiger partial charge in [-0.3, -0.25) is 4.79 Å². The van der Waals surface area contributed by atoms with Gasteiger partial charge in [-0.2, -0.15) is 0 Å². The molecule has 1 aromatic carbocycles. The van der Waals surface area contributed by atoms with Crippen LogP contribution < -0.4 is 0 Å². The fraction of sp³-hybridized carbons (Fsp3) is 0.500. The summed E-state index contributed by atoms with van der Waals surface area (Å²) < 4.78 is 0. The van der Waals surface area contributed by atoms with Crippen LogP contribution in [0.25, 0.3) is 11.6 Å². The summed E-state index contributed by atoms with van der Waals surface area (Å²) in [6.45, 7) is 21.9. The molecular weight excluding hydrogens is 328 g/mol. The Balaban J connectivity index is 0.00000158. The summed E-state index contributed by atoms with van der Waals surface area (Å²) in [7, 11) is 0. The van der Waals surface area contributed by atoms with E-state index in [0.717, 1.165) is 17.6 Å². The highest BCUT2D eigenvalue weighted by Crippen LogP contribution is 2.44. The molecule has 0 radical (unpaired) electrons. The van der Waals surface area contributed by atoms with Crippen LogP contribution in [0.5, 0.6) is 0 Å². The monoisotopic (exact) mass is 368 g/mol. The number of rotatable bonds is 6. The van der Waals surface area contributed by atoms with Gasteiger partial charge >= 0.3 is 0 Å². The van der Waals surface area contributed by atoms with Crippen LogP contribution >= 0.6 is 0 Å². The second-order valence-electron chi connectivity index (χ2n) is 6.48. The first kappa shape index (κ1) is 25.1. The molecule has 150 valence electrons. The van der Waals surface area contributed by atoms with Crippen molar-refractivity contribution in [1.82, 2.24) is 0 Å². The minimum absolute atomic E-state index is 0.141. The quantitative estimate of drug-likeness (QED) is 0.365. The minimum atomic E-state index is 0.141. The van der Waals surface area contributed by atoms with Crippen molar-refractivity contribution >= 4 is 17.4 Å². The van der Waals surface area contributed by atoms with Crippen molar-refractivity contribution in [2.24, 2.45) is 0 Å². The van der Waals surface area contributed by atoms with E-state index in [9.17, 15) is 4.79 Å². The van der Waals surface area contributed by atoms with Crippen molar-refractivity contribution < 1.29 is 4.79 Å². The number of ketones is 1. The number of carbonyl (C=O) groups is 1. The van der Waals surface area contributed by atoms with Crippen LogP contribution in [0.2, 0.25) is 0 Å². The van der Waals surface area contributed by atoms with Crippen LogP contribution in [-0.4, -0.2) is 5.78 Å². The van der Waals surface area contributed by atoms with Gasteiger partial charge in [-0.25, -0.2) is 0 Å². The van der Waals surface area contributed by atoms with E-state index in [-0.39, 0.29) is 5.78 Å². The van der Waals surface area contributed by atoms with E-state index in [0.29, 0.717) is 5.92 Å². The Labute approximate surface area is 168 Å². The van der Waals surface area contributed by atoms with Crippen LogP contribution in [0, 0.1) is 0 Å². The van der Waals surface area contributed by atoms with E-state index in [1.54, 1.807) is 6.92 Å². The molecule has 0 amide bonds. The maximum absolute atomic E-state index is 11.7. The van der Waals surface area contributed by atoms with Crippen molar-refractivity contribution in [2.45, 2.75) is 87.5 Å². The van der Waals surface area contributed by atoms with Gasteiger partial charge in [0.1, 0.15) is 0 Å². The molecule has 1 aromatic rings. The van der Waals surface area contributed by atoms with E-state index in [4.69, 9.17) is 0 Å². The van der Waals surface area contributed by atoms with E-state index in [1.165, 1.54) is 40.7 Å². The molecule has 0 aliphatic heterocycles. The summed E-state index contributed by atoms with van der Waals surface area (Å²) in [6, 6.07) is 4.59. The van der Waals surface area contributed by atoms with E-state index in [2.05, 4.69) is 45.6 Å². The molecule has 0 atom stereocenters. The number of benzene rings is 1. The van der Waals surface area contributed by atoms with Crippen molar-refractivity contribution in [3.05, 3.63) is 58.2 Å². The molecule has 0 unspecified atom stereocenters. The molecule has 1 nitrogen and oxygen atoms in total. The maximum atomic E-state index is 11.7. The first-order valence-electron chi connectivity index (χ1n) is 10.6. The summed E-state index contributed by atoms with van der Waals surface area (Å²) >= 11 is 0. The van der Waals surface area contributed by atoms with Gasteiger partial charge in [0, 0.05) is 0 Å². The SMILES string of the molecule is C=Cc1c(CC)cc(C(=C/C)/C(C)=C(/C)C(C)=O)cc1C1CC1.CC.CC. The first-order valence-corrected chi connectivity index (χ1v) is 10.6. The number of Topliss-reactive ketones (excluding diaryl/α,β-unsaturated/α-hetero) is 1.